The number of carbonyl (C=O) groups is 2. The smallest absolute Gasteiger partial charge is 0.333 e. The highest BCUT2D eigenvalue weighted by Crippen LogP contribution is 2.02. The highest BCUT2D eigenvalue weighted by Gasteiger charge is 2.12. The maximum absolute atomic E-state index is 11.1. The second-order valence-corrected chi connectivity index (χ2v) is 3.79. The Labute approximate surface area is 97.8 Å². The lowest BCUT2D eigenvalue weighted by atomic mass is 10.2. The first-order chi connectivity index (χ1) is 6.99. The zero-order valence-corrected chi connectivity index (χ0v) is 10.5. The fourth-order valence-corrected chi connectivity index (χ4v) is 0.869. The molecule has 86 valence electrons. The molecule has 1 unspecified atom stereocenters. The van der Waals surface area contributed by atoms with E-state index >= 15 is 0 Å². The van der Waals surface area contributed by atoms with Gasteiger partial charge in [0.05, 0.1) is 5.92 Å². The van der Waals surface area contributed by atoms with Gasteiger partial charge in [-0.3, -0.25) is 4.79 Å². The molecule has 1 atom stereocenters. The number of hydrogen-bond acceptors (Lipinski definition) is 4. The summed E-state index contributed by atoms with van der Waals surface area (Å²) in [5.41, 5.74) is 0.329. The van der Waals surface area contributed by atoms with E-state index in [9.17, 15) is 9.59 Å². The number of ether oxygens (including phenoxy) is 2. The van der Waals surface area contributed by atoms with E-state index in [1.807, 2.05) is 0 Å². The van der Waals surface area contributed by atoms with E-state index in [1.54, 1.807) is 13.8 Å². The van der Waals surface area contributed by atoms with Crippen molar-refractivity contribution in [3.05, 3.63) is 12.2 Å². The van der Waals surface area contributed by atoms with Crippen molar-refractivity contribution in [2.24, 2.45) is 5.92 Å². The zero-order chi connectivity index (χ0) is 11.8. The summed E-state index contributed by atoms with van der Waals surface area (Å²) in [5, 5.41) is 0.553. The molecule has 0 aliphatic carbocycles. The first-order valence-corrected chi connectivity index (χ1v) is 5.66. The van der Waals surface area contributed by atoms with Crippen LogP contribution in [-0.4, -0.2) is 30.5 Å². The first kappa shape index (κ1) is 14.2. The van der Waals surface area contributed by atoms with E-state index in [2.05, 4.69) is 22.5 Å². The minimum atomic E-state index is -0.473. The molecule has 0 N–H and O–H groups in total. The molecular weight excluding hydrogens is 264 g/mol. The van der Waals surface area contributed by atoms with Crippen LogP contribution in [0, 0.1) is 5.92 Å². The van der Waals surface area contributed by atoms with Crippen molar-refractivity contribution in [2.75, 3.05) is 18.5 Å². The van der Waals surface area contributed by atoms with Gasteiger partial charge in [-0.15, -0.1) is 0 Å². The summed E-state index contributed by atoms with van der Waals surface area (Å²) in [6.45, 7) is 6.87. The van der Waals surface area contributed by atoms with Gasteiger partial charge < -0.3 is 9.47 Å². The Hall–Kier alpha value is -0.840. The Bertz CT molecular complexity index is 250. The van der Waals surface area contributed by atoms with Crippen molar-refractivity contribution < 1.29 is 19.1 Å². The third-order valence-electron chi connectivity index (χ3n) is 1.54. The number of halogens is 1. The van der Waals surface area contributed by atoms with Crippen LogP contribution >= 0.6 is 15.9 Å². The van der Waals surface area contributed by atoms with Gasteiger partial charge in [-0.2, -0.15) is 0 Å². The van der Waals surface area contributed by atoms with Gasteiger partial charge in [0, 0.05) is 10.9 Å². The Morgan fingerprint density at radius 1 is 1.33 bits per heavy atom. The van der Waals surface area contributed by atoms with Gasteiger partial charge >= 0.3 is 11.9 Å². The number of rotatable bonds is 6. The SMILES string of the molecule is C=C(C)C(=O)OCCOC(=O)C(C)CBr. The second-order valence-electron chi connectivity index (χ2n) is 3.14. The second kappa shape index (κ2) is 7.45. The van der Waals surface area contributed by atoms with Crippen LogP contribution in [-0.2, 0) is 19.1 Å². The Morgan fingerprint density at radius 2 is 1.87 bits per heavy atom. The summed E-state index contributed by atoms with van der Waals surface area (Å²) in [6, 6.07) is 0. The van der Waals surface area contributed by atoms with Gasteiger partial charge in [-0.05, 0) is 6.92 Å². The van der Waals surface area contributed by atoms with Crippen molar-refractivity contribution in [2.45, 2.75) is 13.8 Å². The standard InChI is InChI=1S/C10H15BrO4/c1-7(2)9(12)14-4-5-15-10(13)8(3)6-11/h8H,1,4-6H2,2-3H3. The predicted molar refractivity (Wildman–Crippen MR) is 59.7 cm³/mol. The number of alkyl halides is 1. The van der Waals surface area contributed by atoms with Gasteiger partial charge in [0.15, 0.2) is 0 Å². The molecule has 0 heterocycles. The lowest BCUT2D eigenvalue weighted by molar-refractivity contribution is -0.152. The zero-order valence-electron chi connectivity index (χ0n) is 8.92. The molecule has 4 nitrogen and oxygen atoms in total. The minimum Gasteiger partial charge on any atom is -0.462 e. The molecule has 0 amide bonds. The van der Waals surface area contributed by atoms with Gasteiger partial charge in [0.1, 0.15) is 13.2 Å². The average Bonchev–Trinajstić information content (AvgIpc) is 2.22. The van der Waals surface area contributed by atoms with Crippen molar-refractivity contribution in [3.8, 4) is 0 Å². The normalized spacial score (nSPS) is 11.7. The van der Waals surface area contributed by atoms with Crippen molar-refractivity contribution in [3.63, 3.8) is 0 Å². The molecular formula is C10H15BrO4. The Morgan fingerprint density at radius 3 is 2.33 bits per heavy atom. The minimum absolute atomic E-state index is 0.0619. The number of carbonyl (C=O) groups excluding carboxylic acids is 2. The van der Waals surface area contributed by atoms with E-state index in [1.165, 1.54) is 0 Å². The topological polar surface area (TPSA) is 52.6 Å². The molecule has 0 aromatic carbocycles. The lowest BCUT2D eigenvalue weighted by Gasteiger charge is -2.08. The fraction of sp³-hybridized carbons (Fsp3) is 0.600. The average molecular weight is 279 g/mol. The molecule has 0 saturated heterocycles. The third-order valence-corrected chi connectivity index (χ3v) is 2.51. The summed E-state index contributed by atoms with van der Waals surface area (Å²) in [4.78, 5) is 22.1. The van der Waals surface area contributed by atoms with Gasteiger partial charge in [0.25, 0.3) is 0 Å². The van der Waals surface area contributed by atoms with Crippen LogP contribution in [0.25, 0.3) is 0 Å². The van der Waals surface area contributed by atoms with Crippen molar-refractivity contribution in [1.29, 1.82) is 0 Å². The maximum Gasteiger partial charge on any atom is 0.333 e. The molecule has 0 radical (unpaired) electrons. The van der Waals surface area contributed by atoms with Gasteiger partial charge in [-0.25, -0.2) is 4.79 Å². The molecule has 0 aliphatic heterocycles. The van der Waals surface area contributed by atoms with E-state index in [4.69, 9.17) is 9.47 Å². The van der Waals surface area contributed by atoms with Crippen LogP contribution in [0.3, 0.4) is 0 Å². The first-order valence-electron chi connectivity index (χ1n) is 4.54. The van der Waals surface area contributed by atoms with E-state index in [0.717, 1.165) is 0 Å². The molecule has 5 heteroatoms. The van der Waals surface area contributed by atoms with E-state index < -0.39 is 5.97 Å². The largest absolute Gasteiger partial charge is 0.462 e. The molecule has 0 aromatic rings. The van der Waals surface area contributed by atoms with Crippen LogP contribution in [0.2, 0.25) is 0 Å². The molecule has 0 fully saturated rings. The van der Waals surface area contributed by atoms with Crippen LogP contribution < -0.4 is 0 Å². The molecule has 0 aromatic heterocycles. The van der Waals surface area contributed by atoms with Crippen molar-refractivity contribution >= 4 is 27.9 Å². The van der Waals surface area contributed by atoms with Crippen LogP contribution in [0.5, 0.6) is 0 Å². The molecule has 0 aliphatic rings. The third kappa shape index (κ3) is 6.28. The summed E-state index contributed by atoms with van der Waals surface area (Å²) in [6.07, 6.45) is 0. The summed E-state index contributed by atoms with van der Waals surface area (Å²) in [5.74, 6) is -0.973. The van der Waals surface area contributed by atoms with E-state index in [0.29, 0.717) is 10.9 Å². The lowest BCUT2D eigenvalue weighted by Crippen LogP contribution is -2.19. The van der Waals surface area contributed by atoms with Crippen molar-refractivity contribution in [1.82, 2.24) is 0 Å². The maximum atomic E-state index is 11.1. The highest BCUT2D eigenvalue weighted by molar-refractivity contribution is 9.09. The Kier molecular flexibility index (Phi) is 7.03. The molecule has 0 rings (SSSR count). The van der Waals surface area contributed by atoms with Gasteiger partial charge in [0.2, 0.25) is 0 Å². The monoisotopic (exact) mass is 278 g/mol. The highest BCUT2D eigenvalue weighted by atomic mass is 79.9. The molecule has 15 heavy (non-hydrogen) atoms. The van der Waals surface area contributed by atoms with Crippen LogP contribution in [0.15, 0.2) is 12.2 Å². The summed E-state index contributed by atoms with van der Waals surface area (Å²) < 4.78 is 9.59. The quantitative estimate of drug-likeness (QED) is 0.321. The Balaban J connectivity index is 3.59. The number of esters is 2. The molecule has 0 bridgehead atoms. The predicted octanol–water partition coefficient (Wildman–Crippen LogP) is 1.68. The van der Waals surface area contributed by atoms with Crippen LogP contribution in [0.1, 0.15) is 13.8 Å². The van der Waals surface area contributed by atoms with E-state index in [-0.39, 0.29) is 25.1 Å². The number of hydrogen-bond donors (Lipinski definition) is 0. The summed E-state index contributed by atoms with van der Waals surface area (Å²) >= 11 is 3.17. The summed E-state index contributed by atoms with van der Waals surface area (Å²) in [7, 11) is 0. The van der Waals surface area contributed by atoms with Gasteiger partial charge in [-0.1, -0.05) is 29.4 Å². The fourth-order valence-electron chi connectivity index (χ4n) is 0.605. The molecule has 0 spiro atoms. The molecule has 0 saturated carbocycles. The van der Waals surface area contributed by atoms with Crippen LogP contribution in [0.4, 0.5) is 0 Å².